The zero-order valence-corrected chi connectivity index (χ0v) is 58.7. The van der Waals surface area contributed by atoms with Crippen LogP contribution in [0.25, 0.3) is 180 Å². The second-order valence-electron chi connectivity index (χ2n) is 26.7. The quantitative estimate of drug-likeness (QED) is 0.119. The maximum atomic E-state index is 9.23. The summed E-state index contributed by atoms with van der Waals surface area (Å²) in [6.45, 7) is 12.1. The first-order valence-electron chi connectivity index (χ1n) is 34.8. The lowest BCUT2D eigenvalue weighted by Gasteiger charge is -2.22. The second kappa shape index (κ2) is 26.8. The number of aromatic nitrogens is 6. The van der Waals surface area contributed by atoms with Gasteiger partial charge in [0.1, 0.15) is 0 Å². The van der Waals surface area contributed by atoms with Crippen LogP contribution in [0.4, 0.5) is 5.69 Å². The molecule has 0 radical (unpaired) electrons. The summed E-state index contributed by atoms with van der Waals surface area (Å²) >= 11 is 3.68. The number of rotatable bonds is 11. The van der Waals surface area contributed by atoms with Crippen molar-refractivity contribution in [2.24, 2.45) is 0 Å². The topological polar surface area (TPSA) is 105 Å². The Bertz CT molecular complexity index is 6340. The van der Waals surface area contributed by atoms with Gasteiger partial charge in [-0.15, -0.1) is 22.7 Å². The summed E-state index contributed by atoms with van der Waals surface area (Å²) < 4.78 is 5.07. The van der Waals surface area contributed by atoms with E-state index in [4.69, 9.17) is 36.5 Å². The van der Waals surface area contributed by atoms with Crippen LogP contribution in [0, 0.1) is 17.9 Å². The molecular formula is C95H60N8S2. The normalized spacial score (nSPS) is 12.0. The Labute approximate surface area is 615 Å². The smallest absolute Gasteiger partial charge is 0.187 e. The molecule has 4 heterocycles. The molecule has 0 spiro atoms. The minimum atomic E-state index is -0.207. The minimum Gasteiger partial charge on any atom is -0.238 e. The Balaban J connectivity index is 0.000000149. The fraction of sp³-hybridized carbons (Fsp3) is 0.0316. The molecule has 0 unspecified atom stereocenters. The molecule has 0 amide bonds. The van der Waals surface area contributed by atoms with Gasteiger partial charge in [-0.3, -0.25) is 0 Å². The summed E-state index contributed by atoms with van der Waals surface area (Å²) in [7, 11) is 0. The molecule has 0 saturated heterocycles. The van der Waals surface area contributed by atoms with Crippen molar-refractivity contribution in [3.8, 4) is 141 Å². The van der Waals surface area contributed by atoms with E-state index in [2.05, 4.69) is 201 Å². The molecule has 0 saturated carbocycles. The molecule has 19 rings (SSSR count). The van der Waals surface area contributed by atoms with Gasteiger partial charge in [0.25, 0.3) is 0 Å². The lowest BCUT2D eigenvalue weighted by Crippen LogP contribution is -2.14. The van der Waals surface area contributed by atoms with Crippen molar-refractivity contribution in [2.75, 3.05) is 0 Å². The van der Waals surface area contributed by atoms with E-state index in [0.717, 1.165) is 66.8 Å². The largest absolute Gasteiger partial charge is 0.238 e. The summed E-state index contributed by atoms with van der Waals surface area (Å²) in [4.78, 5) is 33.2. The summed E-state index contributed by atoms with van der Waals surface area (Å²) in [5.41, 5.74) is 23.3. The summed E-state index contributed by atoms with van der Waals surface area (Å²) in [5, 5.41) is 14.3. The zero-order valence-electron chi connectivity index (χ0n) is 57.1. The number of hydrogen-bond donors (Lipinski definition) is 0. The molecule has 0 fully saturated rings. The van der Waals surface area contributed by atoms with Gasteiger partial charge in [0.15, 0.2) is 40.6 Å². The molecule has 1 aliphatic carbocycles. The Morgan fingerprint density at radius 1 is 0.295 bits per heavy atom. The van der Waals surface area contributed by atoms with E-state index in [9.17, 15) is 5.26 Å². The van der Waals surface area contributed by atoms with Gasteiger partial charge in [0, 0.05) is 79.1 Å². The predicted octanol–water partition coefficient (Wildman–Crippen LogP) is 25.5. The second-order valence-corrected chi connectivity index (χ2v) is 28.8. The van der Waals surface area contributed by atoms with Crippen LogP contribution in [0.2, 0.25) is 0 Å². The van der Waals surface area contributed by atoms with E-state index in [0.29, 0.717) is 46.2 Å². The van der Waals surface area contributed by atoms with E-state index in [1.165, 1.54) is 84.9 Å². The number of fused-ring (bicyclic) bond motifs is 9. The standard InChI is InChI=1S/C49H32N4S.C46H28N4S/c1-49(2)41-28-34(22-24-38(41)39-25-23-35(50-3)29-42(39)49)36-26-27-37(45-44(36)40-16-10-11-17-43(40)54-45)30-18-20-33(21-19-30)48-52-46(31-12-6-4-7-13-31)51-47(53-48)32-14-8-5-9-15-32;47-29-30-15-17-31(18-16-30)32-19-21-33(22-20-32)39-27-41-38-13-7-8-14-42(38)51-43(41)28-40(39)34-23-25-37(26-24-34)46-49-44(35-9-3-1-4-10-35)48-45(50-46)36-11-5-2-6-12-36/h4-29H,1-2H3;1-28H. The first-order chi connectivity index (χ1) is 51.7. The Morgan fingerprint density at radius 2 is 0.657 bits per heavy atom. The van der Waals surface area contributed by atoms with E-state index in [1.807, 2.05) is 174 Å². The average molecular weight is 1380 g/mol. The van der Waals surface area contributed by atoms with Gasteiger partial charge >= 0.3 is 0 Å². The maximum absolute atomic E-state index is 9.23. The van der Waals surface area contributed by atoms with Crippen molar-refractivity contribution in [1.29, 1.82) is 5.26 Å². The van der Waals surface area contributed by atoms with Crippen LogP contribution in [-0.4, -0.2) is 29.9 Å². The molecular weight excluding hydrogens is 1320 g/mol. The Hall–Kier alpha value is -13.5. The predicted molar refractivity (Wildman–Crippen MR) is 434 cm³/mol. The van der Waals surface area contributed by atoms with Crippen molar-refractivity contribution in [3.05, 3.63) is 356 Å². The third-order valence-corrected chi connectivity index (χ3v) is 22.3. The fourth-order valence-corrected chi connectivity index (χ4v) is 17.0. The summed E-state index contributed by atoms with van der Waals surface area (Å²) in [5.74, 6) is 3.86. The van der Waals surface area contributed by atoms with Gasteiger partial charge in [0.2, 0.25) is 0 Å². The molecule has 1 aliphatic rings. The van der Waals surface area contributed by atoms with Crippen LogP contribution < -0.4 is 0 Å². The van der Waals surface area contributed by atoms with Crippen LogP contribution in [0.15, 0.2) is 328 Å². The number of nitriles is 1. The SMILES string of the molecule is N#Cc1ccc(-c2ccc(-c3cc4c(cc3-c3ccc(-c5nc(-c6ccccc6)nc(-c6ccccc6)n5)cc3)sc3ccccc34)cc2)cc1.[C-]#[N+]c1ccc2c(c1)C(C)(C)c1cc(-c3ccc(-c4ccc(-c5nc(-c6ccccc6)nc(-c6ccccc6)n5)cc4)c4sc5ccccc5c34)ccc1-2. The highest BCUT2D eigenvalue weighted by Gasteiger charge is 2.36. The molecule has 8 nitrogen and oxygen atoms in total. The third-order valence-electron chi connectivity index (χ3n) is 20.0. The van der Waals surface area contributed by atoms with E-state index in [1.54, 1.807) is 0 Å². The molecule has 105 heavy (non-hydrogen) atoms. The first kappa shape index (κ1) is 63.7. The van der Waals surface area contributed by atoms with E-state index in [-0.39, 0.29) is 5.41 Å². The van der Waals surface area contributed by atoms with Gasteiger partial charge in [-0.1, -0.05) is 299 Å². The van der Waals surface area contributed by atoms with E-state index < -0.39 is 0 Å². The van der Waals surface area contributed by atoms with Gasteiger partial charge in [-0.05, 0) is 120 Å². The molecule has 14 aromatic carbocycles. The third kappa shape index (κ3) is 12.0. The highest BCUT2D eigenvalue weighted by atomic mass is 32.1. The number of nitrogens with zero attached hydrogens (tertiary/aromatic N) is 8. The highest BCUT2D eigenvalue weighted by Crippen LogP contribution is 2.53. The molecule has 0 aliphatic heterocycles. The Kier molecular flexibility index (Phi) is 16.3. The molecule has 4 aromatic heterocycles. The van der Waals surface area contributed by atoms with Crippen molar-refractivity contribution >= 4 is 68.7 Å². The fourth-order valence-electron chi connectivity index (χ4n) is 14.6. The molecule has 18 aromatic rings. The number of benzene rings is 14. The van der Waals surface area contributed by atoms with Crippen molar-refractivity contribution in [2.45, 2.75) is 19.3 Å². The van der Waals surface area contributed by atoms with Crippen molar-refractivity contribution in [1.82, 2.24) is 29.9 Å². The van der Waals surface area contributed by atoms with E-state index >= 15 is 0 Å². The monoisotopic (exact) mass is 1380 g/mol. The molecule has 0 N–H and O–H groups in total. The van der Waals surface area contributed by atoms with Gasteiger partial charge in [-0.25, -0.2) is 34.7 Å². The molecule has 0 atom stereocenters. The van der Waals surface area contributed by atoms with Crippen molar-refractivity contribution in [3.63, 3.8) is 0 Å². The molecule has 0 bridgehead atoms. The molecule has 10 heteroatoms. The number of thiophene rings is 2. The lowest BCUT2D eigenvalue weighted by molar-refractivity contribution is 0.661. The zero-order chi connectivity index (χ0) is 70.5. The maximum Gasteiger partial charge on any atom is 0.187 e. The van der Waals surface area contributed by atoms with Crippen LogP contribution >= 0.6 is 22.7 Å². The lowest BCUT2D eigenvalue weighted by atomic mass is 9.81. The van der Waals surface area contributed by atoms with Crippen LogP contribution in [0.3, 0.4) is 0 Å². The van der Waals surface area contributed by atoms with Crippen LogP contribution in [0.5, 0.6) is 0 Å². The summed E-state index contributed by atoms with van der Waals surface area (Å²) in [6.07, 6.45) is 0. The van der Waals surface area contributed by atoms with Gasteiger partial charge in [0.05, 0.1) is 18.2 Å². The van der Waals surface area contributed by atoms with Crippen LogP contribution in [0.1, 0.15) is 30.5 Å². The van der Waals surface area contributed by atoms with Gasteiger partial charge < -0.3 is 0 Å². The highest BCUT2D eigenvalue weighted by molar-refractivity contribution is 7.26. The van der Waals surface area contributed by atoms with Crippen LogP contribution in [-0.2, 0) is 5.41 Å². The number of hydrogen-bond acceptors (Lipinski definition) is 9. The first-order valence-corrected chi connectivity index (χ1v) is 36.4. The average Bonchev–Trinajstić information content (AvgIpc) is 1.56. The minimum absolute atomic E-state index is 0.207. The molecule has 492 valence electrons. The summed E-state index contributed by atoms with van der Waals surface area (Å²) in [6, 6.07) is 116. The van der Waals surface area contributed by atoms with Gasteiger partial charge in [-0.2, -0.15) is 5.26 Å². The Morgan fingerprint density at radius 3 is 1.14 bits per heavy atom. The van der Waals surface area contributed by atoms with Crippen molar-refractivity contribution < 1.29 is 0 Å².